The number of nitrogens with one attached hydrogen (secondary N) is 1. The molecule has 1 aromatic rings. The SMILES string of the molecule is CCNC(c1ccc(F)cc1F)C(C)OCC. The largest absolute Gasteiger partial charge is 0.377 e. The van der Waals surface area contributed by atoms with Gasteiger partial charge in [-0.25, -0.2) is 8.78 Å². The number of halogens is 2. The second kappa shape index (κ2) is 6.67. The first-order valence-electron chi connectivity index (χ1n) is 5.90. The van der Waals surface area contributed by atoms with E-state index >= 15 is 0 Å². The molecule has 0 spiro atoms. The summed E-state index contributed by atoms with van der Waals surface area (Å²) in [6, 6.07) is 3.37. The summed E-state index contributed by atoms with van der Waals surface area (Å²) in [7, 11) is 0. The van der Waals surface area contributed by atoms with E-state index in [1.54, 1.807) is 0 Å². The standard InChI is InChI=1S/C13H19F2NO/c1-4-16-13(9(3)17-5-2)11-7-6-10(14)8-12(11)15/h6-9,13,16H,4-5H2,1-3H3. The van der Waals surface area contributed by atoms with E-state index in [9.17, 15) is 8.78 Å². The normalized spacial score (nSPS) is 14.6. The zero-order valence-corrected chi connectivity index (χ0v) is 10.5. The molecular weight excluding hydrogens is 224 g/mol. The molecular formula is C13H19F2NO. The highest BCUT2D eigenvalue weighted by Gasteiger charge is 2.21. The first-order chi connectivity index (χ1) is 8.10. The lowest BCUT2D eigenvalue weighted by Crippen LogP contribution is -2.32. The predicted octanol–water partition coefficient (Wildman–Crippen LogP) is 3.04. The minimum atomic E-state index is -0.564. The van der Waals surface area contributed by atoms with Crippen molar-refractivity contribution in [1.29, 1.82) is 0 Å². The molecule has 0 saturated heterocycles. The van der Waals surface area contributed by atoms with E-state index < -0.39 is 11.6 Å². The Hall–Kier alpha value is -1.00. The smallest absolute Gasteiger partial charge is 0.130 e. The Morgan fingerprint density at radius 1 is 1.29 bits per heavy atom. The van der Waals surface area contributed by atoms with Crippen LogP contribution in [0.15, 0.2) is 18.2 Å². The van der Waals surface area contributed by atoms with Crippen molar-refractivity contribution in [3.8, 4) is 0 Å². The van der Waals surface area contributed by atoms with Gasteiger partial charge < -0.3 is 10.1 Å². The van der Waals surface area contributed by atoms with Gasteiger partial charge in [0.05, 0.1) is 12.1 Å². The molecule has 4 heteroatoms. The molecule has 17 heavy (non-hydrogen) atoms. The Bertz CT molecular complexity index is 357. The third kappa shape index (κ3) is 3.75. The van der Waals surface area contributed by atoms with E-state index in [0.29, 0.717) is 18.7 Å². The second-order valence-electron chi connectivity index (χ2n) is 3.86. The Kier molecular flexibility index (Phi) is 5.51. The maximum atomic E-state index is 13.7. The highest BCUT2D eigenvalue weighted by molar-refractivity contribution is 5.23. The Morgan fingerprint density at radius 2 is 2.00 bits per heavy atom. The van der Waals surface area contributed by atoms with Crippen LogP contribution in [0.5, 0.6) is 0 Å². The van der Waals surface area contributed by atoms with Crippen molar-refractivity contribution >= 4 is 0 Å². The number of likely N-dealkylation sites (N-methyl/N-ethyl adjacent to an activating group) is 1. The molecule has 1 aromatic carbocycles. The summed E-state index contributed by atoms with van der Waals surface area (Å²) in [5, 5.41) is 3.16. The van der Waals surface area contributed by atoms with Crippen molar-refractivity contribution < 1.29 is 13.5 Å². The lowest BCUT2D eigenvalue weighted by Gasteiger charge is -2.25. The number of hydrogen-bond donors (Lipinski definition) is 1. The molecule has 0 bridgehead atoms. The molecule has 2 unspecified atom stereocenters. The number of benzene rings is 1. The van der Waals surface area contributed by atoms with Crippen molar-refractivity contribution in [2.75, 3.05) is 13.2 Å². The predicted molar refractivity (Wildman–Crippen MR) is 63.9 cm³/mol. The molecule has 0 radical (unpaired) electrons. The first-order valence-corrected chi connectivity index (χ1v) is 5.90. The molecule has 96 valence electrons. The summed E-state index contributed by atoms with van der Waals surface area (Å²) in [6.07, 6.45) is -0.167. The van der Waals surface area contributed by atoms with E-state index in [0.717, 1.165) is 6.07 Å². The van der Waals surface area contributed by atoms with Crippen molar-refractivity contribution in [3.63, 3.8) is 0 Å². The summed E-state index contributed by atoms with van der Waals surface area (Å²) in [5.74, 6) is -1.10. The van der Waals surface area contributed by atoms with Gasteiger partial charge in [-0.1, -0.05) is 13.0 Å². The number of ether oxygens (including phenoxy) is 1. The van der Waals surface area contributed by atoms with Crippen molar-refractivity contribution in [1.82, 2.24) is 5.32 Å². The minimum Gasteiger partial charge on any atom is -0.377 e. The molecule has 0 aliphatic rings. The van der Waals surface area contributed by atoms with Crippen LogP contribution in [-0.4, -0.2) is 19.3 Å². The summed E-state index contributed by atoms with van der Waals surface area (Å²) >= 11 is 0. The van der Waals surface area contributed by atoms with Crippen molar-refractivity contribution in [2.24, 2.45) is 0 Å². The molecule has 0 heterocycles. The fourth-order valence-corrected chi connectivity index (χ4v) is 1.86. The molecule has 0 aromatic heterocycles. The van der Waals surface area contributed by atoms with E-state index in [-0.39, 0.29) is 12.1 Å². The molecule has 0 aliphatic carbocycles. The third-order valence-corrected chi connectivity index (χ3v) is 2.62. The fraction of sp³-hybridized carbons (Fsp3) is 0.538. The van der Waals surface area contributed by atoms with Gasteiger partial charge >= 0.3 is 0 Å². The molecule has 0 fully saturated rings. The maximum absolute atomic E-state index is 13.7. The summed E-state index contributed by atoms with van der Waals surface area (Å²) in [5.41, 5.74) is 0.439. The Morgan fingerprint density at radius 3 is 2.53 bits per heavy atom. The van der Waals surface area contributed by atoms with Crippen molar-refractivity contribution in [3.05, 3.63) is 35.4 Å². The Labute approximate surface area is 101 Å². The van der Waals surface area contributed by atoms with Gasteiger partial charge in [-0.15, -0.1) is 0 Å². The van der Waals surface area contributed by atoms with E-state index in [4.69, 9.17) is 4.74 Å². The van der Waals surface area contributed by atoms with Crippen LogP contribution >= 0.6 is 0 Å². The van der Waals surface area contributed by atoms with E-state index in [1.807, 2.05) is 20.8 Å². The van der Waals surface area contributed by atoms with Gasteiger partial charge in [0.1, 0.15) is 11.6 Å². The minimum absolute atomic E-state index is 0.167. The van der Waals surface area contributed by atoms with Crippen LogP contribution in [0.25, 0.3) is 0 Å². The maximum Gasteiger partial charge on any atom is 0.130 e. The van der Waals surface area contributed by atoms with Crippen LogP contribution in [0, 0.1) is 11.6 Å². The average molecular weight is 243 g/mol. The molecule has 0 saturated carbocycles. The lowest BCUT2D eigenvalue weighted by atomic mass is 10.0. The summed E-state index contributed by atoms with van der Waals surface area (Å²) in [6.45, 7) is 6.96. The Balaban J connectivity index is 2.96. The van der Waals surface area contributed by atoms with Gasteiger partial charge in [-0.3, -0.25) is 0 Å². The van der Waals surface area contributed by atoms with Gasteiger partial charge in [-0.2, -0.15) is 0 Å². The quantitative estimate of drug-likeness (QED) is 0.829. The van der Waals surface area contributed by atoms with Crippen LogP contribution in [0.2, 0.25) is 0 Å². The van der Waals surface area contributed by atoms with Gasteiger partial charge in [0.2, 0.25) is 0 Å². The fourth-order valence-electron chi connectivity index (χ4n) is 1.86. The monoisotopic (exact) mass is 243 g/mol. The second-order valence-corrected chi connectivity index (χ2v) is 3.86. The van der Waals surface area contributed by atoms with Gasteiger partial charge in [0.15, 0.2) is 0 Å². The molecule has 1 N–H and O–H groups in total. The van der Waals surface area contributed by atoms with Gasteiger partial charge in [0, 0.05) is 18.2 Å². The average Bonchev–Trinajstić information content (AvgIpc) is 2.27. The van der Waals surface area contributed by atoms with Crippen LogP contribution in [0.1, 0.15) is 32.4 Å². The molecule has 1 rings (SSSR count). The molecule has 0 aliphatic heterocycles. The molecule has 0 amide bonds. The topological polar surface area (TPSA) is 21.3 Å². The van der Waals surface area contributed by atoms with Crippen LogP contribution in [-0.2, 0) is 4.74 Å². The van der Waals surface area contributed by atoms with Crippen molar-refractivity contribution in [2.45, 2.75) is 32.9 Å². The molecule has 2 atom stereocenters. The van der Waals surface area contributed by atoms with Crippen LogP contribution in [0.4, 0.5) is 8.78 Å². The highest BCUT2D eigenvalue weighted by atomic mass is 19.1. The zero-order valence-electron chi connectivity index (χ0n) is 10.5. The van der Waals surface area contributed by atoms with Gasteiger partial charge in [-0.05, 0) is 26.5 Å². The van der Waals surface area contributed by atoms with Gasteiger partial charge in [0.25, 0.3) is 0 Å². The zero-order chi connectivity index (χ0) is 12.8. The number of rotatable bonds is 6. The van der Waals surface area contributed by atoms with E-state index in [1.165, 1.54) is 12.1 Å². The highest BCUT2D eigenvalue weighted by Crippen LogP contribution is 2.22. The lowest BCUT2D eigenvalue weighted by molar-refractivity contribution is 0.0467. The molecule has 2 nitrogen and oxygen atoms in total. The van der Waals surface area contributed by atoms with E-state index in [2.05, 4.69) is 5.32 Å². The summed E-state index contributed by atoms with van der Waals surface area (Å²) in [4.78, 5) is 0. The van der Waals surface area contributed by atoms with Crippen LogP contribution < -0.4 is 5.32 Å². The summed E-state index contributed by atoms with van der Waals surface area (Å²) < 4.78 is 32.0. The number of hydrogen-bond acceptors (Lipinski definition) is 2. The third-order valence-electron chi connectivity index (χ3n) is 2.62. The van der Waals surface area contributed by atoms with Crippen LogP contribution in [0.3, 0.4) is 0 Å². The first kappa shape index (κ1) is 14.1.